The molecular weight excluding hydrogens is 152 g/mol. The van der Waals surface area contributed by atoms with Crippen LogP contribution in [0.25, 0.3) is 0 Å². The zero-order chi connectivity index (χ0) is 8.27. The second-order valence-electron chi connectivity index (χ2n) is 3.10. The topological polar surface area (TPSA) is 0 Å². The van der Waals surface area contributed by atoms with Crippen LogP contribution in [0.15, 0.2) is 30.3 Å². The van der Waals surface area contributed by atoms with E-state index in [1.165, 1.54) is 5.56 Å². The van der Waals surface area contributed by atoms with Crippen molar-refractivity contribution < 1.29 is 0 Å². The molecule has 0 nitrogen and oxygen atoms in total. The Morgan fingerprint density at radius 2 is 1.64 bits per heavy atom. The normalized spacial score (nSPS) is 13.5. The minimum Gasteiger partial charge on any atom is -0.171 e. The van der Waals surface area contributed by atoms with E-state index in [1.807, 2.05) is 6.07 Å². The maximum Gasteiger partial charge on any atom is 0.0290 e. The SMILES string of the molecule is CC(C)[C@@H](S)c1ccccc1. The molecule has 1 rings (SSSR count). The lowest BCUT2D eigenvalue weighted by molar-refractivity contribution is 0.636. The van der Waals surface area contributed by atoms with Crippen molar-refractivity contribution in [1.82, 2.24) is 0 Å². The van der Waals surface area contributed by atoms with Gasteiger partial charge in [-0.1, -0.05) is 44.2 Å². The fourth-order valence-corrected chi connectivity index (χ4v) is 1.21. The molecule has 1 heteroatoms. The van der Waals surface area contributed by atoms with Gasteiger partial charge < -0.3 is 0 Å². The lowest BCUT2D eigenvalue weighted by Gasteiger charge is -2.14. The molecule has 1 aromatic carbocycles. The second-order valence-corrected chi connectivity index (χ2v) is 3.66. The van der Waals surface area contributed by atoms with Crippen LogP contribution < -0.4 is 0 Å². The standard InChI is InChI=1S/C10H14S/c1-8(2)10(11)9-6-4-3-5-7-9/h3-8,10-11H,1-2H3/t10-/m1/s1. The van der Waals surface area contributed by atoms with Gasteiger partial charge in [-0.3, -0.25) is 0 Å². The first-order chi connectivity index (χ1) is 5.22. The highest BCUT2D eigenvalue weighted by Gasteiger charge is 2.08. The Bertz CT molecular complexity index is 203. The molecule has 60 valence electrons. The van der Waals surface area contributed by atoms with Gasteiger partial charge in [-0.25, -0.2) is 0 Å². The van der Waals surface area contributed by atoms with Crippen molar-refractivity contribution in [3.05, 3.63) is 35.9 Å². The summed E-state index contributed by atoms with van der Waals surface area (Å²) in [5.74, 6) is 0.598. The molecule has 1 aromatic rings. The van der Waals surface area contributed by atoms with Crippen LogP contribution in [0.3, 0.4) is 0 Å². The third-order valence-corrected chi connectivity index (χ3v) is 2.67. The van der Waals surface area contributed by atoms with Gasteiger partial charge in [0.1, 0.15) is 0 Å². The van der Waals surface area contributed by atoms with E-state index in [2.05, 4.69) is 50.7 Å². The first kappa shape index (κ1) is 8.66. The first-order valence-electron chi connectivity index (χ1n) is 3.95. The number of benzene rings is 1. The predicted octanol–water partition coefficient (Wildman–Crippen LogP) is 3.31. The largest absolute Gasteiger partial charge is 0.171 e. The van der Waals surface area contributed by atoms with Crippen molar-refractivity contribution in [3.63, 3.8) is 0 Å². The Morgan fingerprint density at radius 1 is 1.09 bits per heavy atom. The van der Waals surface area contributed by atoms with Gasteiger partial charge in [0.2, 0.25) is 0 Å². The summed E-state index contributed by atoms with van der Waals surface area (Å²) in [5.41, 5.74) is 1.31. The Labute approximate surface area is 74.0 Å². The van der Waals surface area contributed by atoms with Crippen LogP contribution in [0.5, 0.6) is 0 Å². The van der Waals surface area contributed by atoms with Gasteiger partial charge in [-0.2, -0.15) is 12.6 Å². The average Bonchev–Trinajstić information content (AvgIpc) is 2.05. The van der Waals surface area contributed by atoms with Crippen LogP contribution in [0.4, 0.5) is 0 Å². The van der Waals surface area contributed by atoms with E-state index < -0.39 is 0 Å². The molecule has 0 aromatic heterocycles. The lowest BCUT2D eigenvalue weighted by atomic mass is 10.0. The van der Waals surface area contributed by atoms with Gasteiger partial charge >= 0.3 is 0 Å². The quantitative estimate of drug-likeness (QED) is 0.640. The first-order valence-corrected chi connectivity index (χ1v) is 4.46. The molecule has 0 fully saturated rings. The summed E-state index contributed by atoms with van der Waals surface area (Å²) in [6.45, 7) is 4.37. The summed E-state index contributed by atoms with van der Waals surface area (Å²) in [7, 11) is 0. The third-order valence-electron chi connectivity index (χ3n) is 1.77. The molecular formula is C10H14S. The minimum absolute atomic E-state index is 0.371. The van der Waals surface area contributed by atoms with E-state index in [0.717, 1.165) is 0 Å². The van der Waals surface area contributed by atoms with Crippen molar-refractivity contribution in [2.75, 3.05) is 0 Å². The molecule has 0 N–H and O–H groups in total. The van der Waals surface area contributed by atoms with Crippen LogP contribution in [0.2, 0.25) is 0 Å². The van der Waals surface area contributed by atoms with E-state index >= 15 is 0 Å². The van der Waals surface area contributed by atoms with E-state index in [1.54, 1.807) is 0 Å². The van der Waals surface area contributed by atoms with Crippen molar-refractivity contribution in [2.24, 2.45) is 5.92 Å². The molecule has 0 spiro atoms. The fourth-order valence-electron chi connectivity index (χ4n) is 1.04. The lowest BCUT2D eigenvalue weighted by Crippen LogP contribution is -1.98. The van der Waals surface area contributed by atoms with Crippen molar-refractivity contribution >= 4 is 12.6 Å². The van der Waals surface area contributed by atoms with Crippen molar-refractivity contribution in [2.45, 2.75) is 19.1 Å². The molecule has 0 bridgehead atoms. The highest BCUT2D eigenvalue weighted by Crippen LogP contribution is 2.27. The molecule has 1 atom stereocenters. The zero-order valence-electron chi connectivity index (χ0n) is 6.99. The van der Waals surface area contributed by atoms with E-state index in [9.17, 15) is 0 Å². The monoisotopic (exact) mass is 166 g/mol. The molecule has 0 radical (unpaired) electrons. The van der Waals surface area contributed by atoms with E-state index in [4.69, 9.17) is 0 Å². The zero-order valence-corrected chi connectivity index (χ0v) is 7.88. The maximum atomic E-state index is 4.51. The minimum atomic E-state index is 0.371. The highest BCUT2D eigenvalue weighted by molar-refractivity contribution is 7.80. The van der Waals surface area contributed by atoms with Gasteiger partial charge in [0.15, 0.2) is 0 Å². The molecule has 0 saturated carbocycles. The van der Waals surface area contributed by atoms with E-state index in [-0.39, 0.29) is 0 Å². The van der Waals surface area contributed by atoms with Crippen LogP contribution in [-0.4, -0.2) is 0 Å². The number of thiol groups is 1. The summed E-state index contributed by atoms with van der Waals surface area (Å²) in [6, 6.07) is 10.4. The van der Waals surface area contributed by atoms with E-state index in [0.29, 0.717) is 11.2 Å². The van der Waals surface area contributed by atoms with Crippen LogP contribution in [0, 0.1) is 5.92 Å². The molecule has 0 aliphatic rings. The Hall–Kier alpha value is -0.430. The maximum absolute atomic E-state index is 4.51. The summed E-state index contributed by atoms with van der Waals surface area (Å²) >= 11 is 4.51. The van der Waals surface area contributed by atoms with Crippen LogP contribution in [0.1, 0.15) is 24.7 Å². The van der Waals surface area contributed by atoms with Crippen LogP contribution >= 0.6 is 12.6 Å². The van der Waals surface area contributed by atoms with Gasteiger partial charge in [0, 0.05) is 5.25 Å². The molecule has 0 amide bonds. The van der Waals surface area contributed by atoms with Crippen molar-refractivity contribution in [3.8, 4) is 0 Å². The molecule has 0 saturated heterocycles. The second kappa shape index (κ2) is 3.82. The fraction of sp³-hybridized carbons (Fsp3) is 0.400. The summed E-state index contributed by atoms with van der Waals surface area (Å²) in [6.07, 6.45) is 0. The van der Waals surface area contributed by atoms with Gasteiger partial charge in [0.25, 0.3) is 0 Å². The highest BCUT2D eigenvalue weighted by atomic mass is 32.1. The number of hydrogen-bond donors (Lipinski definition) is 1. The Kier molecular flexibility index (Phi) is 3.01. The molecule has 0 heterocycles. The predicted molar refractivity (Wildman–Crippen MR) is 53.0 cm³/mol. The summed E-state index contributed by atoms with van der Waals surface area (Å²) in [5, 5.41) is 0.371. The Balaban J connectivity index is 2.77. The molecule has 0 aliphatic carbocycles. The van der Waals surface area contributed by atoms with Gasteiger partial charge in [-0.05, 0) is 11.5 Å². The number of hydrogen-bond acceptors (Lipinski definition) is 1. The smallest absolute Gasteiger partial charge is 0.0290 e. The van der Waals surface area contributed by atoms with Crippen molar-refractivity contribution in [1.29, 1.82) is 0 Å². The average molecular weight is 166 g/mol. The van der Waals surface area contributed by atoms with Gasteiger partial charge in [0.05, 0.1) is 0 Å². The summed E-state index contributed by atoms with van der Waals surface area (Å²) in [4.78, 5) is 0. The Morgan fingerprint density at radius 3 is 2.09 bits per heavy atom. The number of rotatable bonds is 2. The summed E-state index contributed by atoms with van der Waals surface area (Å²) < 4.78 is 0. The molecule has 0 aliphatic heterocycles. The third kappa shape index (κ3) is 2.26. The van der Waals surface area contributed by atoms with Crippen LogP contribution in [-0.2, 0) is 0 Å². The molecule has 0 unspecified atom stereocenters. The molecule has 11 heavy (non-hydrogen) atoms. The van der Waals surface area contributed by atoms with Gasteiger partial charge in [-0.15, -0.1) is 0 Å².